The topological polar surface area (TPSA) is 66.5 Å². The first-order valence-electron chi connectivity index (χ1n) is 7.52. The van der Waals surface area contributed by atoms with Gasteiger partial charge in [-0.25, -0.2) is 8.42 Å². The Morgan fingerprint density at radius 2 is 1.73 bits per heavy atom. The minimum absolute atomic E-state index is 0.191. The van der Waals surface area contributed by atoms with Gasteiger partial charge in [-0.05, 0) is 49.7 Å². The number of anilines is 2. The molecule has 26 heavy (non-hydrogen) atoms. The Morgan fingerprint density at radius 1 is 1.08 bits per heavy atom. The molecule has 0 unspecified atom stereocenters. The Balaban J connectivity index is 2.37. The summed E-state index contributed by atoms with van der Waals surface area (Å²) in [6, 6.07) is 8.41. The Labute approximate surface area is 167 Å². The normalized spacial score (nSPS) is 12.5. The summed E-state index contributed by atoms with van der Waals surface area (Å²) < 4.78 is 25.6. The number of hydrogen-bond acceptors (Lipinski definition) is 3. The highest BCUT2D eigenvalue weighted by molar-refractivity contribution is 7.92. The second kappa shape index (κ2) is 8.05. The molecule has 0 saturated heterocycles. The molecule has 0 heterocycles. The van der Waals surface area contributed by atoms with Gasteiger partial charge in [-0.15, -0.1) is 0 Å². The van der Waals surface area contributed by atoms with E-state index < -0.39 is 22.0 Å². The van der Waals surface area contributed by atoms with Gasteiger partial charge in [-0.3, -0.25) is 9.10 Å². The molecule has 140 valence electrons. The van der Waals surface area contributed by atoms with E-state index >= 15 is 0 Å². The highest BCUT2D eigenvalue weighted by Crippen LogP contribution is 2.30. The minimum atomic E-state index is -3.76. The lowest BCUT2D eigenvalue weighted by Gasteiger charge is -2.28. The molecule has 2 aromatic rings. The summed E-state index contributed by atoms with van der Waals surface area (Å²) in [5, 5.41) is 3.65. The van der Waals surface area contributed by atoms with E-state index in [1.165, 1.54) is 25.1 Å². The zero-order chi connectivity index (χ0) is 19.6. The quantitative estimate of drug-likeness (QED) is 0.737. The third-order valence-corrected chi connectivity index (χ3v) is 5.92. The van der Waals surface area contributed by atoms with Gasteiger partial charge in [0.25, 0.3) is 0 Å². The molecular formula is C17H17Cl3N2O3S. The van der Waals surface area contributed by atoms with Crippen LogP contribution in [0.2, 0.25) is 15.1 Å². The van der Waals surface area contributed by atoms with Crippen molar-refractivity contribution in [2.75, 3.05) is 15.9 Å². The van der Waals surface area contributed by atoms with E-state index in [4.69, 9.17) is 34.8 Å². The number of carbonyl (C=O) groups excluding carboxylic acids is 1. The van der Waals surface area contributed by atoms with Gasteiger partial charge in [0.05, 0.1) is 22.0 Å². The number of hydrogen-bond donors (Lipinski definition) is 1. The van der Waals surface area contributed by atoms with Crippen LogP contribution < -0.4 is 9.62 Å². The summed E-state index contributed by atoms with van der Waals surface area (Å²) in [5.41, 5.74) is 1.56. The monoisotopic (exact) mass is 434 g/mol. The molecule has 1 amide bonds. The molecule has 5 nitrogen and oxygen atoms in total. The van der Waals surface area contributed by atoms with E-state index in [1.54, 1.807) is 18.2 Å². The summed E-state index contributed by atoms with van der Waals surface area (Å²) >= 11 is 17.8. The number of amides is 1. The Hall–Kier alpha value is -1.47. The Kier molecular flexibility index (Phi) is 6.45. The Bertz CT molecular complexity index is 948. The smallest absolute Gasteiger partial charge is 0.248 e. The number of rotatable bonds is 5. The van der Waals surface area contributed by atoms with Crippen molar-refractivity contribution < 1.29 is 13.2 Å². The fourth-order valence-corrected chi connectivity index (χ4v) is 4.03. The van der Waals surface area contributed by atoms with Gasteiger partial charge in [-0.2, -0.15) is 0 Å². The van der Waals surface area contributed by atoms with Crippen molar-refractivity contribution in [3.8, 4) is 0 Å². The SMILES string of the molecule is Cc1ccc(Cl)cc1NC(=O)[C@@H](C)N(c1ccc(Cl)c(Cl)c1)S(C)(=O)=O. The summed E-state index contributed by atoms with van der Waals surface area (Å²) in [4.78, 5) is 12.7. The van der Waals surface area contributed by atoms with Gasteiger partial charge in [-0.1, -0.05) is 40.9 Å². The lowest BCUT2D eigenvalue weighted by Crippen LogP contribution is -2.45. The molecular weight excluding hydrogens is 419 g/mol. The maximum atomic E-state index is 12.7. The van der Waals surface area contributed by atoms with Crippen molar-refractivity contribution in [1.82, 2.24) is 0 Å². The Morgan fingerprint density at radius 3 is 2.31 bits per heavy atom. The number of nitrogens with zero attached hydrogens (tertiary/aromatic N) is 1. The number of aryl methyl sites for hydroxylation is 1. The van der Waals surface area contributed by atoms with Crippen LogP contribution in [0.15, 0.2) is 36.4 Å². The zero-order valence-corrected chi connectivity index (χ0v) is 17.3. The van der Waals surface area contributed by atoms with Crippen LogP contribution in [0.3, 0.4) is 0 Å². The number of carbonyl (C=O) groups is 1. The summed E-state index contributed by atoms with van der Waals surface area (Å²) in [6.45, 7) is 3.29. The predicted octanol–water partition coefficient (Wildman–Crippen LogP) is 4.75. The molecule has 0 saturated carbocycles. The number of benzene rings is 2. The standard InChI is InChI=1S/C17H17Cl3N2O3S/c1-10-4-5-12(18)8-16(10)21-17(23)11(2)22(26(3,24)25)13-6-7-14(19)15(20)9-13/h4-9,11H,1-3H3,(H,21,23)/t11-/m1/s1. The van der Waals surface area contributed by atoms with Crippen molar-refractivity contribution in [2.45, 2.75) is 19.9 Å². The molecule has 2 rings (SSSR count). The molecule has 0 aliphatic heterocycles. The van der Waals surface area contributed by atoms with Crippen LogP contribution in [0.1, 0.15) is 12.5 Å². The molecule has 1 N–H and O–H groups in total. The van der Waals surface area contributed by atoms with Crippen LogP contribution in [-0.2, 0) is 14.8 Å². The highest BCUT2D eigenvalue weighted by Gasteiger charge is 2.29. The van der Waals surface area contributed by atoms with Gasteiger partial charge < -0.3 is 5.32 Å². The van der Waals surface area contributed by atoms with Gasteiger partial charge in [0.15, 0.2) is 0 Å². The first-order chi connectivity index (χ1) is 12.0. The van der Waals surface area contributed by atoms with Crippen LogP contribution in [0, 0.1) is 6.92 Å². The third-order valence-electron chi connectivity index (χ3n) is 3.70. The van der Waals surface area contributed by atoms with E-state index in [1.807, 2.05) is 6.92 Å². The number of nitrogens with one attached hydrogen (secondary N) is 1. The molecule has 9 heteroatoms. The summed E-state index contributed by atoms with van der Waals surface area (Å²) in [6.07, 6.45) is 1.02. The van der Waals surface area contributed by atoms with Crippen molar-refractivity contribution >= 4 is 62.1 Å². The molecule has 0 spiro atoms. The summed E-state index contributed by atoms with van der Waals surface area (Å²) in [7, 11) is -3.76. The van der Waals surface area contributed by atoms with Crippen molar-refractivity contribution in [2.24, 2.45) is 0 Å². The van der Waals surface area contributed by atoms with Gasteiger partial charge in [0.1, 0.15) is 6.04 Å². The minimum Gasteiger partial charge on any atom is -0.324 e. The molecule has 0 aliphatic carbocycles. The molecule has 0 aliphatic rings. The van der Waals surface area contributed by atoms with E-state index in [2.05, 4.69) is 5.32 Å². The van der Waals surface area contributed by atoms with E-state index in [0.29, 0.717) is 10.7 Å². The largest absolute Gasteiger partial charge is 0.324 e. The first kappa shape index (κ1) is 20.8. The maximum Gasteiger partial charge on any atom is 0.248 e. The van der Waals surface area contributed by atoms with E-state index in [9.17, 15) is 13.2 Å². The molecule has 0 fully saturated rings. The third kappa shape index (κ3) is 4.82. The van der Waals surface area contributed by atoms with E-state index in [-0.39, 0.29) is 15.7 Å². The zero-order valence-electron chi connectivity index (χ0n) is 14.3. The molecule has 2 aromatic carbocycles. The molecule has 0 aromatic heterocycles. The lowest BCUT2D eigenvalue weighted by molar-refractivity contribution is -0.116. The van der Waals surface area contributed by atoms with Crippen molar-refractivity contribution in [1.29, 1.82) is 0 Å². The fraction of sp³-hybridized carbons (Fsp3) is 0.235. The molecule has 1 atom stereocenters. The fourth-order valence-electron chi connectivity index (χ4n) is 2.40. The second-order valence-corrected chi connectivity index (χ2v) is 8.89. The van der Waals surface area contributed by atoms with Crippen molar-refractivity contribution in [3.05, 3.63) is 57.0 Å². The van der Waals surface area contributed by atoms with Gasteiger partial charge >= 0.3 is 0 Å². The van der Waals surface area contributed by atoms with Gasteiger partial charge in [0, 0.05) is 10.7 Å². The van der Waals surface area contributed by atoms with Crippen molar-refractivity contribution in [3.63, 3.8) is 0 Å². The molecule has 0 bridgehead atoms. The summed E-state index contributed by atoms with van der Waals surface area (Å²) in [5.74, 6) is -0.508. The second-order valence-electron chi connectivity index (χ2n) is 5.78. The number of sulfonamides is 1. The van der Waals surface area contributed by atoms with Crippen LogP contribution in [0.25, 0.3) is 0 Å². The maximum absolute atomic E-state index is 12.7. The van der Waals surface area contributed by atoms with Gasteiger partial charge in [0.2, 0.25) is 15.9 Å². The van der Waals surface area contributed by atoms with Crippen LogP contribution in [0.5, 0.6) is 0 Å². The van der Waals surface area contributed by atoms with E-state index in [0.717, 1.165) is 16.1 Å². The number of halogens is 3. The average Bonchev–Trinajstić information content (AvgIpc) is 2.53. The first-order valence-corrected chi connectivity index (χ1v) is 10.5. The van der Waals surface area contributed by atoms with Crippen LogP contribution in [0.4, 0.5) is 11.4 Å². The van der Waals surface area contributed by atoms with Crippen LogP contribution in [-0.4, -0.2) is 26.6 Å². The lowest BCUT2D eigenvalue weighted by atomic mass is 10.2. The van der Waals surface area contributed by atoms with Crippen LogP contribution >= 0.6 is 34.8 Å². The molecule has 0 radical (unpaired) electrons. The highest BCUT2D eigenvalue weighted by atomic mass is 35.5. The average molecular weight is 436 g/mol. The predicted molar refractivity (Wildman–Crippen MR) is 108 cm³/mol.